The molecular weight excluding hydrogens is 378 g/mol. The number of nitrogens with zero attached hydrogens (tertiary/aromatic N) is 3. The molecule has 10 nitrogen and oxygen atoms in total. The van der Waals surface area contributed by atoms with Gasteiger partial charge in [0.05, 0.1) is 26.9 Å². The maximum absolute atomic E-state index is 12.7. The zero-order valence-corrected chi connectivity index (χ0v) is 14.1. The second-order valence-corrected chi connectivity index (χ2v) is 6.72. The van der Waals surface area contributed by atoms with Gasteiger partial charge in [-0.15, -0.1) is 4.47 Å². The molecule has 0 fully saturated rings. The van der Waals surface area contributed by atoms with Crippen molar-refractivity contribution in [3.8, 4) is 0 Å². The van der Waals surface area contributed by atoms with Crippen LogP contribution in [-0.4, -0.2) is 25.4 Å². The summed E-state index contributed by atoms with van der Waals surface area (Å²) >= 11 is 5.92. The minimum absolute atomic E-state index is 0.179. The molecule has 0 saturated heterocycles. The summed E-state index contributed by atoms with van der Waals surface area (Å²) in [5.74, 6) is 0. The van der Waals surface area contributed by atoms with Crippen molar-refractivity contribution < 1.29 is 23.1 Å². The van der Waals surface area contributed by atoms with Gasteiger partial charge in [-0.2, -0.15) is 8.42 Å². The summed E-state index contributed by atoms with van der Waals surface area (Å²) in [7, 11) is -3.32. The molecule has 0 heterocycles. The first kappa shape index (κ1) is 18.6. The SMILES string of the molecule is CON(c1ccc([N+](=O)[O-])cc1Cl)S(=O)(=O)c1cccc([N+](=O)[O-])c1. The molecule has 0 atom stereocenters. The lowest BCUT2D eigenvalue weighted by Gasteiger charge is -2.22. The third kappa shape index (κ3) is 3.68. The number of sulfonamides is 1. The monoisotopic (exact) mass is 387 g/mol. The van der Waals surface area contributed by atoms with Gasteiger partial charge >= 0.3 is 0 Å². The molecule has 0 N–H and O–H groups in total. The van der Waals surface area contributed by atoms with Gasteiger partial charge in [0.1, 0.15) is 5.69 Å². The van der Waals surface area contributed by atoms with E-state index < -0.39 is 30.5 Å². The summed E-state index contributed by atoms with van der Waals surface area (Å²) in [6.07, 6.45) is 0. The number of halogens is 1. The van der Waals surface area contributed by atoms with Crippen molar-refractivity contribution in [2.24, 2.45) is 0 Å². The number of benzene rings is 2. The molecule has 2 aromatic carbocycles. The number of rotatable bonds is 6. The lowest BCUT2D eigenvalue weighted by Crippen LogP contribution is -2.30. The number of nitro benzene ring substituents is 2. The molecule has 0 aliphatic rings. The van der Waals surface area contributed by atoms with Gasteiger partial charge in [-0.05, 0) is 12.1 Å². The Labute approximate surface area is 146 Å². The quantitative estimate of drug-likeness (QED) is 0.549. The third-order valence-electron chi connectivity index (χ3n) is 3.05. The Balaban J connectivity index is 2.54. The van der Waals surface area contributed by atoms with Crippen LogP contribution in [0.3, 0.4) is 0 Å². The Morgan fingerprint density at radius 3 is 2.16 bits per heavy atom. The Morgan fingerprint density at radius 1 is 1.04 bits per heavy atom. The summed E-state index contributed by atoms with van der Waals surface area (Å²) in [4.78, 5) is 24.6. The topological polar surface area (TPSA) is 133 Å². The first-order valence-corrected chi connectivity index (χ1v) is 8.28. The maximum Gasteiger partial charge on any atom is 0.287 e. The number of hydrogen-bond donors (Lipinski definition) is 0. The van der Waals surface area contributed by atoms with E-state index in [-0.39, 0.29) is 16.4 Å². The molecule has 0 amide bonds. The highest BCUT2D eigenvalue weighted by molar-refractivity contribution is 7.92. The normalized spacial score (nSPS) is 11.1. The van der Waals surface area contributed by atoms with Crippen LogP contribution < -0.4 is 4.47 Å². The van der Waals surface area contributed by atoms with Crippen molar-refractivity contribution in [3.63, 3.8) is 0 Å². The predicted molar refractivity (Wildman–Crippen MR) is 87.9 cm³/mol. The third-order valence-corrected chi connectivity index (χ3v) is 4.98. The average Bonchev–Trinajstić information content (AvgIpc) is 2.56. The summed E-state index contributed by atoms with van der Waals surface area (Å²) in [5.41, 5.74) is -0.939. The van der Waals surface area contributed by atoms with Crippen LogP contribution in [0, 0.1) is 20.2 Å². The second-order valence-electron chi connectivity index (χ2n) is 4.56. The number of anilines is 1. The van der Waals surface area contributed by atoms with E-state index in [1.54, 1.807) is 0 Å². The van der Waals surface area contributed by atoms with Crippen molar-refractivity contribution in [1.29, 1.82) is 0 Å². The first-order chi connectivity index (χ1) is 11.7. The van der Waals surface area contributed by atoms with Crippen LogP contribution in [0.25, 0.3) is 0 Å². The zero-order chi connectivity index (χ0) is 18.8. The Kier molecular flexibility index (Phi) is 5.21. The van der Waals surface area contributed by atoms with E-state index in [1.807, 2.05) is 0 Å². The average molecular weight is 388 g/mol. The van der Waals surface area contributed by atoms with Gasteiger partial charge in [-0.1, -0.05) is 17.7 Å². The van der Waals surface area contributed by atoms with Crippen molar-refractivity contribution in [1.82, 2.24) is 0 Å². The molecule has 0 aliphatic heterocycles. The number of hydrogen-bond acceptors (Lipinski definition) is 7. The van der Waals surface area contributed by atoms with E-state index in [9.17, 15) is 28.6 Å². The first-order valence-electron chi connectivity index (χ1n) is 6.46. The van der Waals surface area contributed by atoms with Crippen LogP contribution >= 0.6 is 11.6 Å². The fourth-order valence-electron chi connectivity index (χ4n) is 1.94. The van der Waals surface area contributed by atoms with Crippen LogP contribution in [0.1, 0.15) is 0 Å². The van der Waals surface area contributed by atoms with Crippen LogP contribution in [-0.2, 0) is 14.9 Å². The van der Waals surface area contributed by atoms with Gasteiger partial charge in [-0.25, -0.2) is 0 Å². The van der Waals surface area contributed by atoms with E-state index >= 15 is 0 Å². The van der Waals surface area contributed by atoms with Crippen molar-refractivity contribution in [2.45, 2.75) is 4.90 Å². The van der Waals surface area contributed by atoms with Crippen LogP contribution in [0.2, 0.25) is 5.02 Å². The molecule has 2 aromatic rings. The lowest BCUT2D eigenvalue weighted by molar-refractivity contribution is -0.385. The van der Waals surface area contributed by atoms with E-state index in [4.69, 9.17) is 16.4 Å². The van der Waals surface area contributed by atoms with Crippen LogP contribution in [0.4, 0.5) is 17.1 Å². The molecule has 132 valence electrons. The molecule has 0 aromatic heterocycles. The highest BCUT2D eigenvalue weighted by Crippen LogP contribution is 2.33. The number of non-ortho nitro benzene ring substituents is 2. The Hall–Kier alpha value is -2.76. The minimum atomic E-state index is -4.36. The van der Waals surface area contributed by atoms with E-state index in [2.05, 4.69) is 0 Å². The standard InChI is InChI=1S/C13H10ClN3O7S/c1-24-17(13-6-5-10(16(20)21)8-12(13)14)25(22,23)11-4-2-3-9(7-11)15(18)19/h2-8H,1H3. The molecule has 25 heavy (non-hydrogen) atoms. The highest BCUT2D eigenvalue weighted by Gasteiger charge is 2.29. The van der Waals surface area contributed by atoms with Crippen molar-refractivity contribution >= 4 is 38.7 Å². The summed E-state index contributed by atoms with van der Waals surface area (Å²) in [6, 6.07) is 7.46. The molecule has 0 unspecified atom stereocenters. The van der Waals surface area contributed by atoms with Gasteiger partial charge < -0.3 is 0 Å². The molecule has 12 heteroatoms. The van der Waals surface area contributed by atoms with Crippen molar-refractivity contribution in [2.75, 3.05) is 11.6 Å². The fourth-order valence-corrected chi connectivity index (χ4v) is 3.56. The zero-order valence-electron chi connectivity index (χ0n) is 12.5. The largest absolute Gasteiger partial charge is 0.287 e. The van der Waals surface area contributed by atoms with Crippen LogP contribution in [0.15, 0.2) is 47.4 Å². The molecule has 0 radical (unpaired) electrons. The van der Waals surface area contributed by atoms with Gasteiger partial charge in [0.2, 0.25) is 0 Å². The Morgan fingerprint density at radius 2 is 1.64 bits per heavy atom. The van der Waals surface area contributed by atoms with E-state index in [1.165, 1.54) is 6.07 Å². The molecular formula is C13H10ClN3O7S. The number of nitro groups is 2. The predicted octanol–water partition coefficient (Wildman–Crippen LogP) is 2.91. The van der Waals surface area contributed by atoms with E-state index in [0.717, 1.165) is 43.5 Å². The maximum atomic E-state index is 12.7. The van der Waals surface area contributed by atoms with E-state index in [0.29, 0.717) is 4.47 Å². The molecule has 2 rings (SSSR count). The van der Waals surface area contributed by atoms with Gasteiger partial charge in [0.15, 0.2) is 0 Å². The summed E-state index contributed by atoms with van der Waals surface area (Å²) < 4.78 is 25.8. The Bertz CT molecular complexity index is 948. The van der Waals surface area contributed by atoms with Gasteiger partial charge in [0, 0.05) is 24.3 Å². The van der Waals surface area contributed by atoms with Gasteiger partial charge in [-0.3, -0.25) is 25.1 Å². The molecule has 0 saturated carbocycles. The minimum Gasteiger partial charge on any atom is -0.262 e. The fraction of sp³-hybridized carbons (Fsp3) is 0.0769. The van der Waals surface area contributed by atoms with Crippen molar-refractivity contribution in [3.05, 3.63) is 67.7 Å². The summed E-state index contributed by atoms with van der Waals surface area (Å²) in [5, 5.41) is 21.3. The lowest BCUT2D eigenvalue weighted by atomic mass is 10.3. The molecule has 0 aliphatic carbocycles. The second kappa shape index (κ2) is 7.01. The molecule has 0 bridgehead atoms. The molecule has 0 spiro atoms. The smallest absolute Gasteiger partial charge is 0.262 e. The van der Waals surface area contributed by atoms with Crippen LogP contribution in [0.5, 0.6) is 0 Å². The summed E-state index contributed by atoms with van der Waals surface area (Å²) in [6.45, 7) is 0. The highest BCUT2D eigenvalue weighted by atomic mass is 35.5. The van der Waals surface area contributed by atoms with Gasteiger partial charge in [0.25, 0.3) is 21.4 Å².